The van der Waals surface area contributed by atoms with Crippen LogP contribution in [-0.4, -0.2) is 17.3 Å². The summed E-state index contributed by atoms with van der Waals surface area (Å²) in [7, 11) is 0. The zero-order chi connectivity index (χ0) is 15.0. The topological polar surface area (TPSA) is 33.3 Å². The highest BCUT2D eigenvalue weighted by Crippen LogP contribution is 2.17. The van der Waals surface area contributed by atoms with Gasteiger partial charge in [-0.05, 0) is 56.2 Å². The summed E-state index contributed by atoms with van der Waals surface area (Å²) in [5, 5.41) is 6.90. The van der Waals surface area contributed by atoms with Crippen molar-refractivity contribution in [3.8, 4) is 18.1 Å². The molecule has 0 aliphatic heterocycles. The Hall–Kier alpha value is -1.73. The van der Waals surface area contributed by atoms with Gasteiger partial charge in [0.1, 0.15) is 5.75 Å². The van der Waals surface area contributed by atoms with Crippen LogP contribution in [0.3, 0.4) is 0 Å². The lowest BCUT2D eigenvalue weighted by Gasteiger charge is -2.28. The van der Waals surface area contributed by atoms with Crippen LogP contribution in [0.1, 0.15) is 33.6 Å². The quantitative estimate of drug-likeness (QED) is 0.620. The third-order valence-corrected chi connectivity index (χ3v) is 3.46. The average Bonchev–Trinajstić information content (AvgIpc) is 2.47. The van der Waals surface area contributed by atoms with Gasteiger partial charge in [0.05, 0.1) is 12.1 Å². The molecule has 0 fully saturated rings. The first-order valence-corrected chi connectivity index (χ1v) is 7.29. The number of ether oxygens (including phenoxy) is 1. The molecule has 0 amide bonds. The maximum atomic E-state index is 5.61. The number of hydrogen-bond acceptors (Lipinski definition) is 2. The smallest absolute Gasteiger partial charge is 0.171 e. The zero-order valence-electron chi connectivity index (χ0n) is 12.3. The average molecular weight is 290 g/mol. The fourth-order valence-electron chi connectivity index (χ4n) is 1.85. The van der Waals surface area contributed by atoms with E-state index in [9.17, 15) is 0 Å². The Bertz CT molecular complexity index is 472. The molecule has 0 heterocycles. The summed E-state index contributed by atoms with van der Waals surface area (Å²) >= 11 is 5.32. The molecule has 0 saturated heterocycles. The second-order valence-corrected chi connectivity index (χ2v) is 4.88. The molecule has 0 aromatic heterocycles. The normalized spacial score (nSPS) is 10.5. The number of hydrogen-bond donors (Lipinski definition) is 2. The van der Waals surface area contributed by atoms with Gasteiger partial charge in [-0.1, -0.05) is 19.8 Å². The fraction of sp³-hybridized carbons (Fsp3) is 0.438. The van der Waals surface area contributed by atoms with Crippen molar-refractivity contribution in [2.45, 2.75) is 39.2 Å². The van der Waals surface area contributed by atoms with Crippen LogP contribution in [0, 0.1) is 12.3 Å². The third kappa shape index (κ3) is 4.43. The van der Waals surface area contributed by atoms with Crippen LogP contribution >= 0.6 is 12.2 Å². The molecular formula is C16H22N2OS. The van der Waals surface area contributed by atoms with Crippen molar-refractivity contribution < 1.29 is 4.74 Å². The highest BCUT2D eigenvalue weighted by Gasteiger charge is 2.23. The first-order chi connectivity index (χ1) is 9.59. The van der Waals surface area contributed by atoms with Crippen LogP contribution in [-0.2, 0) is 0 Å². The molecule has 1 rings (SSSR count). The Morgan fingerprint density at radius 1 is 1.25 bits per heavy atom. The van der Waals surface area contributed by atoms with Crippen molar-refractivity contribution in [3.63, 3.8) is 0 Å². The van der Waals surface area contributed by atoms with E-state index in [1.54, 1.807) is 0 Å². The van der Waals surface area contributed by atoms with Crippen molar-refractivity contribution in [1.82, 2.24) is 5.32 Å². The van der Waals surface area contributed by atoms with E-state index in [1.165, 1.54) is 0 Å². The molecule has 0 aliphatic rings. The molecule has 2 N–H and O–H groups in total. The zero-order valence-corrected chi connectivity index (χ0v) is 13.1. The third-order valence-electron chi connectivity index (χ3n) is 3.26. The summed E-state index contributed by atoms with van der Waals surface area (Å²) < 4.78 is 5.40. The molecule has 0 spiro atoms. The van der Waals surface area contributed by atoms with Gasteiger partial charge in [-0.15, -0.1) is 6.42 Å². The lowest BCUT2D eigenvalue weighted by molar-refractivity contribution is 0.340. The highest BCUT2D eigenvalue weighted by molar-refractivity contribution is 7.80. The molecule has 4 heteroatoms. The van der Waals surface area contributed by atoms with Gasteiger partial charge in [0.2, 0.25) is 0 Å². The van der Waals surface area contributed by atoms with Crippen LogP contribution in [0.2, 0.25) is 0 Å². The van der Waals surface area contributed by atoms with Gasteiger partial charge in [0, 0.05) is 5.69 Å². The summed E-state index contributed by atoms with van der Waals surface area (Å²) in [4.78, 5) is 0. The van der Waals surface area contributed by atoms with Crippen LogP contribution in [0.15, 0.2) is 24.3 Å². The van der Waals surface area contributed by atoms with Gasteiger partial charge in [-0.2, -0.15) is 0 Å². The van der Waals surface area contributed by atoms with Crippen LogP contribution < -0.4 is 15.4 Å². The standard InChI is InChI=1S/C16H22N2OS/c1-5-16(6-2,7-3)18-15(20)17-13-9-11-14(12-10-13)19-8-4/h1,9-12H,6-8H2,2-4H3,(H2,17,18,20). The minimum Gasteiger partial charge on any atom is -0.494 e. The summed E-state index contributed by atoms with van der Waals surface area (Å²) in [6.07, 6.45) is 7.26. The molecule has 0 saturated carbocycles. The van der Waals surface area contributed by atoms with Gasteiger partial charge in [0.25, 0.3) is 0 Å². The molecule has 3 nitrogen and oxygen atoms in total. The van der Waals surface area contributed by atoms with Crippen LogP contribution in [0.4, 0.5) is 5.69 Å². The van der Waals surface area contributed by atoms with E-state index in [2.05, 4.69) is 30.4 Å². The van der Waals surface area contributed by atoms with E-state index < -0.39 is 0 Å². The Kier molecular flexibility index (Phi) is 6.33. The molecule has 1 aromatic rings. The van der Waals surface area contributed by atoms with Crippen molar-refractivity contribution in [2.75, 3.05) is 11.9 Å². The van der Waals surface area contributed by atoms with Gasteiger partial charge in [-0.25, -0.2) is 0 Å². The minimum atomic E-state index is -0.380. The van der Waals surface area contributed by atoms with Crippen molar-refractivity contribution in [1.29, 1.82) is 0 Å². The second-order valence-electron chi connectivity index (χ2n) is 4.47. The van der Waals surface area contributed by atoms with Crippen molar-refractivity contribution >= 4 is 23.0 Å². The minimum absolute atomic E-state index is 0.380. The number of benzene rings is 1. The van der Waals surface area contributed by atoms with E-state index in [0.717, 1.165) is 24.3 Å². The maximum Gasteiger partial charge on any atom is 0.171 e. The predicted molar refractivity (Wildman–Crippen MR) is 89.1 cm³/mol. The van der Waals surface area contributed by atoms with E-state index >= 15 is 0 Å². The van der Waals surface area contributed by atoms with Gasteiger partial charge < -0.3 is 15.4 Å². The summed E-state index contributed by atoms with van der Waals surface area (Å²) in [5.41, 5.74) is 0.527. The number of nitrogens with one attached hydrogen (secondary N) is 2. The molecule has 0 radical (unpaired) electrons. The number of rotatable bonds is 6. The van der Waals surface area contributed by atoms with Gasteiger partial charge in [0.15, 0.2) is 5.11 Å². The van der Waals surface area contributed by atoms with E-state index in [1.807, 2.05) is 31.2 Å². The highest BCUT2D eigenvalue weighted by atomic mass is 32.1. The molecule has 108 valence electrons. The van der Waals surface area contributed by atoms with Gasteiger partial charge in [-0.3, -0.25) is 0 Å². The second kappa shape index (κ2) is 7.76. The lowest BCUT2D eigenvalue weighted by Crippen LogP contribution is -2.48. The maximum absolute atomic E-state index is 5.61. The van der Waals surface area contributed by atoms with Crippen molar-refractivity contribution in [2.24, 2.45) is 0 Å². The first kappa shape index (κ1) is 16.3. The molecule has 1 aromatic carbocycles. The Balaban J connectivity index is 2.64. The lowest BCUT2D eigenvalue weighted by atomic mass is 9.94. The predicted octanol–water partition coefficient (Wildman–Crippen LogP) is 3.56. The largest absolute Gasteiger partial charge is 0.494 e. The molecule has 0 bridgehead atoms. The van der Waals surface area contributed by atoms with E-state index in [4.69, 9.17) is 23.4 Å². The van der Waals surface area contributed by atoms with Crippen LogP contribution in [0.5, 0.6) is 5.75 Å². The molecular weight excluding hydrogens is 268 g/mol. The fourth-order valence-corrected chi connectivity index (χ4v) is 2.16. The molecule has 0 unspecified atom stereocenters. The summed E-state index contributed by atoms with van der Waals surface area (Å²) in [5.74, 6) is 3.64. The first-order valence-electron chi connectivity index (χ1n) is 6.89. The Morgan fingerprint density at radius 3 is 2.30 bits per heavy atom. The molecule has 20 heavy (non-hydrogen) atoms. The van der Waals surface area contributed by atoms with Crippen molar-refractivity contribution in [3.05, 3.63) is 24.3 Å². The summed E-state index contributed by atoms with van der Waals surface area (Å²) in [6.45, 7) is 6.72. The Morgan fingerprint density at radius 2 is 1.85 bits per heavy atom. The number of thiocarbonyl (C=S) groups is 1. The SMILES string of the molecule is C#CC(CC)(CC)NC(=S)Nc1ccc(OCC)cc1. The monoisotopic (exact) mass is 290 g/mol. The number of terminal acetylenes is 1. The van der Waals surface area contributed by atoms with Crippen LogP contribution in [0.25, 0.3) is 0 Å². The Labute approximate surface area is 127 Å². The van der Waals surface area contributed by atoms with Gasteiger partial charge >= 0.3 is 0 Å². The molecule has 0 aliphatic carbocycles. The van der Waals surface area contributed by atoms with E-state index in [-0.39, 0.29) is 5.54 Å². The summed E-state index contributed by atoms with van der Waals surface area (Å²) in [6, 6.07) is 7.66. The number of anilines is 1. The van der Waals surface area contributed by atoms with E-state index in [0.29, 0.717) is 11.7 Å². The molecule has 0 atom stereocenters.